The predicted molar refractivity (Wildman–Crippen MR) is 46.4 cm³/mol. The molecule has 0 unspecified atom stereocenters. The number of hydrogen-bond donors (Lipinski definition) is 0. The molecule has 1 aromatic heterocycles. The third-order valence-electron chi connectivity index (χ3n) is 1.49. The number of aldehydes is 1. The minimum Gasteiger partial charge on any atom is -0.298 e. The van der Waals surface area contributed by atoms with Crippen LogP contribution in [0.25, 0.3) is 6.08 Å². The highest BCUT2D eigenvalue weighted by atomic mass is 16.1. The van der Waals surface area contributed by atoms with Crippen molar-refractivity contribution in [1.29, 1.82) is 0 Å². The highest BCUT2D eigenvalue weighted by molar-refractivity contribution is 5.81. The summed E-state index contributed by atoms with van der Waals surface area (Å²) in [7, 11) is 0. The molecule has 0 atom stereocenters. The number of carbonyl (C=O) groups is 1. The lowest BCUT2D eigenvalue weighted by molar-refractivity contribution is -0.104. The van der Waals surface area contributed by atoms with Crippen LogP contribution in [0, 0.1) is 0 Å². The number of rotatable bonds is 3. The van der Waals surface area contributed by atoms with Gasteiger partial charge < -0.3 is 0 Å². The lowest BCUT2D eigenvalue weighted by Gasteiger charge is -1.93. The van der Waals surface area contributed by atoms with Crippen LogP contribution >= 0.6 is 0 Å². The molecule has 0 aromatic carbocycles. The predicted octanol–water partition coefficient (Wildman–Crippen LogP) is 1.47. The van der Waals surface area contributed by atoms with Crippen molar-refractivity contribution in [2.45, 2.75) is 13.3 Å². The molecule has 0 spiro atoms. The summed E-state index contributed by atoms with van der Waals surface area (Å²) in [6, 6.07) is 0. The van der Waals surface area contributed by atoms with Crippen molar-refractivity contribution >= 4 is 12.4 Å². The lowest BCUT2D eigenvalue weighted by atomic mass is 10.1. The van der Waals surface area contributed by atoms with Gasteiger partial charge in [0.25, 0.3) is 0 Å². The largest absolute Gasteiger partial charge is 0.298 e. The zero-order valence-corrected chi connectivity index (χ0v) is 6.90. The summed E-state index contributed by atoms with van der Waals surface area (Å²) >= 11 is 0. The van der Waals surface area contributed by atoms with E-state index in [1.807, 2.05) is 6.92 Å². The van der Waals surface area contributed by atoms with Gasteiger partial charge in [0.15, 0.2) is 0 Å². The minimum atomic E-state index is 0.735. The van der Waals surface area contributed by atoms with Crippen LogP contribution < -0.4 is 0 Å². The Labute approximate surface area is 71.2 Å². The van der Waals surface area contributed by atoms with E-state index in [1.54, 1.807) is 18.5 Å². The fourth-order valence-corrected chi connectivity index (χ4v) is 0.819. The second-order valence-corrected chi connectivity index (χ2v) is 2.36. The second kappa shape index (κ2) is 4.38. The topological polar surface area (TPSA) is 42.9 Å². The van der Waals surface area contributed by atoms with Crippen LogP contribution in [0.4, 0.5) is 0 Å². The fraction of sp³-hybridized carbons (Fsp3) is 0.222. The number of aromatic nitrogens is 2. The number of nitrogens with zero attached hydrogens (tertiary/aromatic N) is 2. The third kappa shape index (κ3) is 2.27. The van der Waals surface area contributed by atoms with Gasteiger partial charge in [-0.15, -0.1) is 0 Å². The summed E-state index contributed by atoms with van der Waals surface area (Å²) in [5, 5.41) is 0. The van der Waals surface area contributed by atoms with Crippen molar-refractivity contribution in [3.8, 4) is 0 Å². The van der Waals surface area contributed by atoms with Crippen LogP contribution in [0.1, 0.15) is 18.9 Å². The van der Waals surface area contributed by atoms with Crippen LogP contribution in [-0.4, -0.2) is 16.3 Å². The summed E-state index contributed by atoms with van der Waals surface area (Å²) < 4.78 is 0. The summed E-state index contributed by atoms with van der Waals surface area (Å²) in [5.41, 5.74) is 1.62. The smallest absolute Gasteiger partial charge is 0.146 e. The Morgan fingerprint density at radius 3 is 2.67 bits per heavy atom. The maximum absolute atomic E-state index is 10.4. The molecule has 0 fully saturated rings. The number of carbonyl (C=O) groups excluding carboxylic acids is 1. The van der Waals surface area contributed by atoms with E-state index in [9.17, 15) is 4.79 Å². The highest BCUT2D eigenvalue weighted by Gasteiger charge is 1.91. The van der Waals surface area contributed by atoms with Gasteiger partial charge >= 0.3 is 0 Å². The third-order valence-corrected chi connectivity index (χ3v) is 1.49. The number of hydrogen-bond acceptors (Lipinski definition) is 3. The molecule has 12 heavy (non-hydrogen) atoms. The van der Waals surface area contributed by atoms with Crippen LogP contribution in [0.5, 0.6) is 0 Å². The first-order chi connectivity index (χ1) is 5.86. The molecular weight excluding hydrogens is 152 g/mol. The maximum atomic E-state index is 10.4. The fourth-order valence-electron chi connectivity index (χ4n) is 0.819. The van der Waals surface area contributed by atoms with Gasteiger partial charge in [0.1, 0.15) is 12.6 Å². The van der Waals surface area contributed by atoms with Crippen molar-refractivity contribution in [1.82, 2.24) is 9.97 Å². The highest BCUT2D eigenvalue weighted by Crippen LogP contribution is 2.04. The molecule has 0 saturated heterocycles. The van der Waals surface area contributed by atoms with Gasteiger partial charge in [-0.05, 0) is 18.1 Å². The molecular formula is C9H10N2O. The molecule has 1 rings (SSSR count). The van der Waals surface area contributed by atoms with E-state index in [-0.39, 0.29) is 0 Å². The van der Waals surface area contributed by atoms with Gasteiger partial charge in [-0.2, -0.15) is 0 Å². The summed E-state index contributed by atoms with van der Waals surface area (Å²) in [6.45, 7) is 1.93. The standard InChI is InChI=1S/C9H10N2O/c1-2-8(6-12)3-9-4-10-7-11-5-9/h3-7H,2H2,1H3/b8-3+. The van der Waals surface area contributed by atoms with E-state index < -0.39 is 0 Å². The first-order valence-corrected chi connectivity index (χ1v) is 3.77. The minimum absolute atomic E-state index is 0.735. The van der Waals surface area contributed by atoms with Gasteiger partial charge in [0.05, 0.1) is 0 Å². The van der Waals surface area contributed by atoms with Crippen molar-refractivity contribution in [3.63, 3.8) is 0 Å². The van der Waals surface area contributed by atoms with Crippen LogP contribution in [-0.2, 0) is 4.79 Å². The van der Waals surface area contributed by atoms with Crippen LogP contribution in [0.3, 0.4) is 0 Å². The average Bonchev–Trinajstić information content (AvgIpc) is 2.16. The molecule has 62 valence electrons. The van der Waals surface area contributed by atoms with E-state index in [4.69, 9.17) is 0 Å². The second-order valence-electron chi connectivity index (χ2n) is 2.36. The van der Waals surface area contributed by atoms with Gasteiger partial charge in [0.2, 0.25) is 0 Å². The molecule has 0 aliphatic heterocycles. The normalized spacial score (nSPS) is 11.2. The average molecular weight is 162 g/mol. The Kier molecular flexibility index (Phi) is 3.14. The van der Waals surface area contributed by atoms with E-state index in [0.29, 0.717) is 0 Å². The first kappa shape index (κ1) is 8.59. The SMILES string of the molecule is CC/C(C=O)=C\c1cncnc1. The zero-order valence-electron chi connectivity index (χ0n) is 6.90. The van der Waals surface area contributed by atoms with Crippen molar-refractivity contribution < 1.29 is 4.79 Å². The molecule has 0 aliphatic carbocycles. The van der Waals surface area contributed by atoms with Gasteiger partial charge in [-0.3, -0.25) is 4.79 Å². The van der Waals surface area contributed by atoms with Crippen LogP contribution in [0.15, 0.2) is 24.3 Å². The zero-order chi connectivity index (χ0) is 8.81. The van der Waals surface area contributed by atoms with Crippen molar-refractivity contribution in [3.05, 3.63) is 29.9 Å². The molecule has 0 amide bonds. The molecule has 3 heteroatoms. The Morgan fingerprint density at radius 2 is 2.17 bits per heavy atom. The van der Waals surface area contributed by atoms with Gasteiger partial charge in [-0.25, -0.2) is 9.97 Å². The van der Waals surface area contributed by atoms with Gasteiger partial charge in [0, 0.05) is 18.0 Å². The molecule has 0 radical (unpaired) electrons. The summed E-state index contributed by atoms with van der Waals surface area (Å²) in [4.78, 5) is 18.1. The first-order valence-electron chi connectivity index (χ1n) is 3.77. The summed E-state index contributed by atoms with van der Waals surface area (Å²) in [6.07, 6.45) is 8.18. The Morgan fingerprint density at radius 1 is 1.50 bits per heavy atom. The van der Waals surface area contributed by atoms with Gasteiger partial charge in [-0.1, -0.05) is 6.92 Å². The summed E-state index contributed by atoms with van der Waals surface area (Å²) in [5.74, 6) is 0. The molecule has 1 aromatic rings. The van der Waals surface area contributed by atoms with E-state index >= 15 is 0 Å². The maximum Gasteiger partial charge on any atom is 0.146 e. The van der Waals surface area contributed by atoms with Crippen molar-refractivity contribution in [2.24, 2.45) is 0 Å². The van der Waals surface area contributed by atoms with E-state index in [1.165, 1.54) is 6.33 Å². The molecule has 0 N–H and O–H groups in total. The molecule has 3 nitrogen and oxygen atoms in total. The Hall–Kier alpha value is -1.51. The molecule has 0 aliphatic rings. The van der Waals surface area contributed by atoms with E-state index in [2.05, 4.69) is 9.97 Å². The monoisotopic (exact) mass is 162 g/mol. The molecule has 0 saturated carbocycles. The molecule has 1 heterocycles. The lowest BCUT2D eigenvalue weighted by Crippen LogP contribution is -1.84. The Bertz CT molecular complexity index is 280. The number of allylic oxidation sites excluding steroid dienone is 1. The van der Waals surface area contributed by atoms with Crippen molar-refractivity contribution in [2.75, 3.05) is 0 Å². The Balaban J connectivity index is 2.86. The van der Waals surface area contributed by atoms with E-state index in [0.717, 1.165) is 23.8 Å². The quantitative estimate of drug-likeness (QED) is 0.499. The molecule has 0 bridgehead atoms. The van der Waals surface area contributed by atoms with Crippen LogP contribution in [0.2, 0.25) is 0 Å².